The third kappa shape index (κ3) is 3.23. The summed E-state index contributed by atoms with van der Waals surface area (Å²) in [5, 5.41) is 3.14. The zero-order valence-corrected chi connectivity index (χ0v) is 11.2. The monoisotopic (exact) mass is 285 g/mol. The number of anilines is 1. The third-order valence-corrected chi connectivity index (χ3v) is 4.03. The van der Waals surface area contributed by atoms with Gasteiger partial charge in [0.25, 0.3) is 0 Å². The van der Waals surface area contributed by atoms with Crippen molar-refractivity contribution < 1.29 is 13.2 Å². The first-order valence-electron chi connectivity index (χ1n) is 7.06. The molecule has 2 fully saturated rings. The van der Waals surface area contributed by atoms with Crippen LogP contribution in [0.2, 0.25) is 0 Å². The predicted molar refractivity (Wildman–Crippen MR) is 70.5 cm³/mol. The van der Waals surface area contributed by atoms with Gasteiger partial charge in [0, 0.05) is 31.4 Å². The van der Waals surface area contributed by atoms with Gasteiger partial charge in [-0.15, -0.1) is 0 Å². The number of halogens is 3. The Balaban J connectivity index is 1.58. The Morgan fingerprint density at radius 2 is 1.85 bits per heavy atom. The Bertz CT molecular complexity index is 463. The minimum atomic E-state index is -4.31. The number of rotatable bonds is 3. The lowest BCUT2D eigenvalue weighted by Crippen LogP contribution is -2.40. The fourth-order valence-electron chi connectivity index (χ4n) is 2.74. The molecule has 1 N–H and O–H groups in total. The minimum absolute atomic E-state index is 0.223. The van der Waals surface area contributed by atoms with Crippen molar-refractivity contribution in [3.8, 4) is 0 Å². The molecule has 3 rings (SSSR count). The van der Waals surface area contributed by atoms with E-state index in [1.54, 1.807) is 0 Å². The van der Waals surface area contributed by atoms with E-state index < -0.39 is 11.7 Å². The first-order chi connectivity index (χ1) is 9.52. The highest BCUT2D eigenvalue weighted by molar-refractivity contribution is 5.39. The topological polar surface area (TPSA) is 28.2 Å². The first-order valence-corrected chi connectivity index (χ1v) is 7.06. The number of nitrogens with one attached hydrogen (secondary N) is 1. The lowest BCUT2D eigenvalue weighted by molar-refractivity contribution is -0.137. The molecule has 0 bridgehead atoms. The summed E-state index contributed by atoms with van der Waals surface area (Å²) in [5.74, 6) is 0.324. The molecule has 1 saturated carbocycles. The highest BCUT2D eigenvalue weighted by atomic mass is 19.4. The Morgan fingerprint density at radius 1 is 1.15 bits per heavy atom. The largest absolute Gasteiger partial charge is 0.416 e. The van der Waals surface area contributed by atoms with Crippen LogP contribution in [0.5, 0.6) is 0 Å². The van der Waals surface area contributed by atoms with E-state index in [-0.39, 0.29) is 6.04 Å². The van der Waals surface area contributed by atoms with Crippen LogP contribution in [0.25, 0.3) is 0 Å². The van der Waals surface area contributed by atoms with E-state index >= 15 is 0 Å². The highest BCUT2D eigenvalue weighted by Gasteiger charge is 2.33. The molecule has 0 aromatic carbocycles. The highest BCUT2D eigenvalue weighted by Crippen LogP contribution is 2.31. The molecule has 1 aliphatic carbocycles. The summed E-state index contributed by atoms with van der Waals surface area (Å²) in [7, 11) is 0. The first kappa shape index (κ1) is 13.7. The van der Waals surface area contributed by atoms with Crippen LogP contribution in [0.4, 0.5) is 19.0 Å². The fraction of sp³-hybridized carbons (Fsp3) is 0.643. The maximum Gasteiger partial charge on any atom is 0.416 e. The normalized spacial score (nSPS) is 21.9. The number of hydrogen-bond acceptors (Lipinski definition) is 3. The third-order valence-electron chi connectivity index (χ3n) is 4.03. The van der Waals surface area contributed by atoms with Crippen molar-refractivity contribution in [2.75, 3.05) is 18.4 Å². The van der Waals surface area contributed by atoms with Crippen LogP contribution in [0.1, 0.15) is 31.2 Å². The van der Waals surface area contributed by atoms with Gasteiger partial charge in [0.05, 0.1) is 5.56 Å². The van der Waals surface area contributed by atoms with Gasteiger partial charge in [-0.1, -0.05) is 0 Å². The van der Waals surface area contributed by atoms with Crippen molar-refractivity contribution in [3.05, 3.63) is 23.9 Å². The van der Waals surface area contributed by atoms with Gasteiger partial charge >= 0.3 is 6.18 Å². The molecule has 20 heavy (non-hydrogen) atoms. The molecule has 0 atom stereocenters. The number of likely N-dealkylation sites (tertiary alicyclic amines) is 1. The second-order valence-electron chi connectivity index (χ2n) is 5.61. The van der Waals surface area contributed by atoms with E-state index in [1.165, 1.54) is 19.0 Å². The molecule has 2 heterocycles. The van der Waals surface area contributed by atoms with Gasteiger partial charge in [-0.05, 0) is 37.8 Å². The van der Waals surface area contributed by atoms with Gasteiger partial charge in [-0.25, -0.2) is 4.98 Å². The van der Waals surface area contributed by atoms with E-state index in [2.05, 4.69) is 15.2 Å². The number of nitrogens with zero attached hydrogens (tertiary/aromatic N) is 2. The minimum Gasteiger partial charge on any atom is -0.367 e. The van der Waals surface area contributed by atoms with E-state index in [1.807, 2.05) is 0 Å². The summed E-state index contributed by atoms with van der Waals surface area (Å²) in [5.41, 5.74) is -0.648. The molecule has 1 aliphatic heterocycles. The van der Waals surface area contributed by atoms with Crippen LogP contribution < -0.4 is 5.32 Å². The number of hydrogen-bond donors (Lipinski definition) is 1. The number of aromatic nitrogens is 1. The van der Waals surface area contributed by atoms with E-state index in [4.69, 9.17) is 0 Å². The molecule has 0 spiro atoms. The summed E-state index contributed by atoms with van der Waals surface area (Å²) in [6, 6.07) is 3.08. The molecule has 2 aliphatic rings. The maximum atomic E-state index is 12.6. The van der Waals surface area contributed by atoms with Crippen LogP contribution in [-0.4, -0.2) is 35.1 Å². The van der Waals surface area contributed by atoms with E-state index in [0.717, 1.165) is 44.1 Å². The van der Waals surface area contributed by atoms with E-state index in [0.29, 0.717) is 5.82 Å². The van der Waals surface area contributed by atoms with Crippen molar-refractivity contribution in [1.29, 1.82) is 0 Å². The zero-order chi connectivity index (χ0) is 14.2. The lowest BCUT2D eigenvalue weighted by atomic mass is 10.0. The van der Waals surface area contributed by atoms with Crippen LogP contribution >= 0.6 is 0 Å². The van der Waals surface area contributed by atoms with Crippen LogP contribution in [0.3, 0.4) is 0 Å². The van der Waals surface area contributed by atoms with Crippen molar-refractivity contribution in [2.45, 2.75) is 43.9 Å². The van der Waals surface area contributed by atoms with Gasteiger partial charge in [-0.3, -0.25) is 0 Å². The number of piperidine rings is 1. The summed E-state index contributed by atoms with van der Waals surface area (Å²) in [6.07, 6.45) is 1.43. The summed E-state index contributed by atoms with van der Waals surface area (Å²) in [4.78, 5) is 6.47. The molecule has 1 aromatic rings. The fourth-order valence-corrected chi connectivity index (χ4v) is 2.74. The summed E-state index contributed by atoms with van der Waals surface area (Å²) < 4.78 is 37.9. The molecule has 1 saturated heterocycles. The molecular weight excluding hydrogens is 267 g/mol. The quantitative estimate of drug-likeness (QED) is 0.924. The van der Waals surface area contributed by atoms with Gasteiger partial charge in [0.2, 0.25) is 0 Å². The number of pyridine rings is 1. The Kier molecular flexibility index (Phi) is 3.58. The molecule has 0 amide bonds. The Labute approximate surface area is 116 Å². The lowest BCUT2D eigenvalue weighted by Gasteiger charge is -2.32. The van der Waals surface area contributed by atoms with E-state index in [9.17, 15) is 13.2 Å². The molecule has 110 valence electrons. The Morgan fingerprint density at radius 3 is 2.45 bits per heavy atom. The number of alkyl halides is 3. The summed E-state index contributed by atoms with van der Waals surface area (Å²) in [6.45, 7) is 2.06. The summed E-state index contributed by atoms with van der Waals surface area (Å²) >= 11 is 0. The van der Waals surface area contributed by atoms with Crippen LogP contribution in [-0.2, 0) is 6.18 Å². The van der Waals surface area contributed by atoms with Crippen LogP contribution in [0, 0.1) is 0 Å². The molecule has 3 nitrogen and oxygen atoms in total. The zero-order valence-electron chi connectivity index (χ0n) is 11.2. The van der Waals surface area contributed by atoms with Gasteiger partial charge in [-0.2, -0.15) is 13.2 Å². The van der Waals surface area contributed by atoms with Gasteiger partial charge in [0.15, 0.2) is 0 Å². The van der Waals surface area contributed by atoms with Crippen molar-refractivity contribution in [1.82, 2.24) is 9.88 Å². The average molecular weight is 285 g/mol. The standard InChI is InChI=1S/C14H18F3N3/c15-14(16,17)10-3-6-18-13(9-10)19-11-4-7-20(8-5-11)12-1-2-12/h3,6,9,11-12H,1-2,4-5,7-8H2,(H,18,19). The van der Waals surface area contributed by atoms with Crippen LogP contribution in [0.15, 0.2) is 18.3 Å². The second-order valence-corrected chi connectivity index (χ2v) is 5.61. The van der Waals surface area contributed by atoms with Crippen molar-refractivity contribution >= 4 is 5.82 Å². The average Bonchev–Trinajstić information content (AvgIpc) is 3.23. The molecule has 0 unspecified atom stereocenters. The molecular formula is C14H18F3N3. The second kappa shape index (κ2) is 5.24. The Hall–Kier alpha value is -1.30. The maximum absolute atomic E-state index is 12.6. The van der Waals surface area contributed by atoms with Gasteiger partial charge < -0.3 is 10.2 Å². The van der Waals surface area contributed by atoms with Crippen molar-refractivity contribution in [3.63, 3.8) is 0 Å². The van der Waals surface area contributed by atoms with Crippen molar-refractivity contribution in [2.24, 2.45) is 0 Å². The predicted octanol–water partition coefficient (Wildman–Crippen LogP) is 3.14. The molecule has 0 radical (unpaired) electrons. The molecule has 1 aromatic heterocycles. The molecule has 6 heteroatoms. The SMILES string of the molecule is FC(F)(F)c1ccnc(NC2CCN(C3CC3)CC2)c1. The van der Waals surface area contributed by atoms with Gasteiger partial charge in [0.1, 0.15) is 5.82 Å². The smallest absolute Gasteiger partial charge is 0.367 e.